The van der Waals surface area contributed by atoms with E-state index in [9.17, 15) is 0 Å². The van der Waals surface area contributed by atoms with Gasteiger partial charge in [-0.25, -0.2) is 0 Å². The van der Waals surface area contributed by atoms with Crippen molar-refractivity contribution in [3.05, 3.63) is 0 Å². The van der Waals surface area contributed by atoms with E-state index in [0.717, 1.165) is 34.2 Å². The predicted molar refractivity (Wildman–Crippen MR) is 73.7 cm³/mol. The van der Waals surface area contributed by atoms with E-state index in [0.29, 0.717) is 0 Å². The van der Waals surface area contributed by atoms with E-state index in [1.807, 2.05) is 0 Å². The van der Waals surface area contributed by atoms with Crippen LogP contribution in [0.5, 0.6) is 0 Å². The molecule has 16 heavy (non-hydrogen) atoms. The first-order valence-electron chi connectivity index (χ1n) is 7.20. The highest BCUT2D eigenvalue weighted by Crippen LogP contribution is 2.57. The molecule has 0 amide bonds. The summed E-state index contributed by atoms with van der Waals surface area (Å²) in [6.45, 7) is 0. The second kappa shape index (κ2) is 4.12. The molecule has 0 spiro atoms. The normalized spacial score (nSPS) is 54.0. The smallest absolute Gasteiger partial charge is 0.0182 e. The molecule has 6 atom stereocenters. The number of rotatable bonds is 3. The summed E-state index contributed by atoms with van der Waals surface area (Å²) in [6.07, 6.45) is 12.5. The fraction of sp³-hybridized carbons (Fsp3) is 1.00. The summed E-state index contributed by atoms with van der Waals surface area (Å²) in [5, 5.41) is 2.09. The molecule has 0 heterocycles. The fourth-order valence-electron chi connectivity index (χ4n) is 4.75. The fourth-order valence-corrected chi connectivity index (χ4v) is 8.82. The maximum Gasteiger partial charge on any atom is 0.0182 e. The zero-order valence-electron chi connectivity index (χ0n) is 9.94. The highest BCUT2D eigenvalue weighted by atomic mass is 33.1. The van der Waals surface area contributed by atoms with Crippen LogP contribution in [0.3, 0.4) is 0 Å². The van der Waals surface area contributed by atoms with Gasteiger partial charge in [0.15, 0.2) is 0 Å². The van der Waals surface area contributed by atoms with Gasteiger partial charge in [-0.1, -0.05) is 34.4 Å². The molecule has 6 unspecified atom stereocenters. The summed E-state index contributed by atoms with van der Waals surface area (Å²) in [4.78, 5) is 0. The summed E-state index contributed by atoms with van der Waals surface area (Å²) in [5.41, 5.74) is 0. The molecule has 4 fully saturated rings. The summed E-state index contributed by atoms with van der Waals surface area (Å²) >= 11 is 0. The molecule has 2 heteroatoms. The van der Waals surface area contributed by atoms with Gasteiger partial charge in [-0.15, -0.1) is 0 Å². The maximum absolute atomic E-state index is 2.30. The van der Waals surface area contributed by atoms with Crippen LogP contribution in [-0.2, 0) is 0 Å². The topological polar surface area (TPSA) is 0 Å². The monoisotopic (exact) mass is 254 g/mol. The Kier molecular flexibility index (Phi) is 2.73. The van der Waals surface area contributed by atoms with Gasteiger partial charge < -0.3 is 0 Å². The number of hydrogen-bond acceptors (Lipinski definition) is 2. The van der Waals surface area contributed by atoms with Gasteiger partial charge in [0.2, 0.25) is 0 Å². The van der Waals surface area contributed by atoms with E-state index < -0.39 is 0 Å². The van der Waals surface area contributed by atoms with Crippen LogP contribution < -0.4 is 0 Å². The van der Waals surface area contributed by atoms with Crippen molar-refractivity contribution in [1.29, 1.82) is 0 Å². The standard InChI is InChI=1S/C14H22S2/c1-3-11-5-9(1)7-13(11)15-16-14-8-10-2-4-12(14)6-10/h9-14H,1-8H2. The molecular weight excluding hydrogens is 232 g/mol. The molecule has 4 bridgehead atoms. The minimum atomic E-state index is 1.04. The molecule has 4 saturated carbocycles. The lowest BCUT2D eigenvalue weighted by Crippen LogP contribution is -2.15. The Bertz CT molecular complexity index is 250. The van der Waals surface area contributed by atoms with Crippen LogP contribution in [0.1, 0.15) is 51.4 Å². The first-order valence-corrected chi connectivity index (χ1v) is 9.48. The molecule has 0 nitrogen and oxygen atoms in total. The third kappa shape index (κ3) is 1.75. The van der Waals surface area contributed by atoms with Crippen molar-refractivity contribution in [1.82, 2.24) is 0 Å². The van der Waals surface area contributed by atoms with E-state index in [1.54, 1.807) is 51.4 Å². The summed E-state index contributed by atoms with van der Waals surface area (Å²) in [5.74, 6) is 4.48. The van der Waals surface area contributed by atoms with E-state index in [2.05, 4.69) is 21.6 Å². The Balaban J connectivity index is 1.30. The van der Waals surface area contributed by atoms with Crippen LogP contribution in [0.15, 0.2) is 0 Å². The SMILES string of the molecule is C1CC2CC1CC2SSC1CC2CCC1C2. The van der Waals surface area contributed by atoms with Gasteiger partial charge >= 0.3 is 0 Å². The Morgan fingerprint density at radius 2 is 1.06 bits per heavy atom. The van der Waals surface area contributed by atoms with Crippen molar-refractivity contribution < 1.29 is 0 Å². The van der Waals surface area contributed by atoms with Crippen LogP contribution in [-0.4, -0.2) is 10.5 Å². The van der Waals surface area contributed by atoms with Gasteiger partial charge in [0.05, 0.1) is 0 Å². The Labute approximate surface area is 107 Å². The third-order valence-corrected chi connectivity index (χ3v) is 9.23. The second-order valence-electron chi connectivity index (χ2n) is 6.62. The lowest BCUT2D eigenvalue weighted by atomic mass is 10.0. The first kappa shape index (κ1) is 10.6. The van der Waals surface area contributed by atoms with E-state index in [1.165, 1.54) is 0 Å². The van der Waals surface area contributed by atoms with Crippen molar-refractivity contribution in [2.75, 3.05) is 0 Å². The van der Waals surface area contributed by atoms with E-state index >= 15 is 0 Å². The number of fused-ring (bicyclic) bond motifs is 4. The highest BCUT2D eigenvalue weighted by molar-refractivity contribution is 8.77. The predicted octanol–water partition coefficient (Wildman–Crippen LogP) is 4.75. The van der Waals surface area contributed by atoms with Crippen LogP contribution in [0, 0.1) is 23.7 Å². The van der Waals surface area contributed by atoms with Crippen molar-refractivity contribution in [2.24, 2.45) is 23.7 Å². The minimum Gasteiger partial charge on any atom is -0.0901 e. The van der Waals surface area contributed by atoms with Gasteiger partial charge in [0, 0.05) is 10.5 Å². The number of hydrogen-bond donors (Lipinski definition) is 0. The van der Waals surface area contributed by atoms with Crippen molar-refractivity contribution in [3.63, 3.8) is 0 Å². The summed E-state index contributed by atoms with van der Waals surface area (Å²) in [6, 6.07) is 0. The van der Waals surface area contributed by atoms with Gasteiger partial charge in [-0.2, -0.15) is 0 Å². The lowest BCUT2D eigenvalue weighted by Gasteiger charge is -2.25. The van der Waals surface area contributed by atoms with Crippen LogP contribution in [0.25, 0.3) is 0 Å². The molecule has 0 saturated heterocycles. The van der Waals surface area contributed by atoms with Gasteiger partial charge in [0.25, 0.3) is 0 Å². The van der Waals surface area contributed by atoms with Gasteiger partial charge in [-0.05, 0) is 62.2 Å². The Hall–Kier alpha value is 0.700. The van der Waals surface area contributed by atoms with Crippen LogP contribution >= 0.6 is 21.6 Å². The molecule has 0 radical (unpaired) electrons. The third-order valence-electron chi connectivity index (χ3n) is 5.65. The van der Waals surface area contributed by atoms with Crippen molar-refractivity contribution in [3.8, 4) is 0 Å². The van der Waals surface area contributed by atoms with E-state index in [4.69, 9.17) is 0 Å². The second-order valence-corrected chi connectivity index (χ2v) is 9.37. The first-order chi connectivity index (χ1) is 7.88. The zero-order chi connectivity index (χ0) is 10.5. The minimum absolute atomic E-state index is 1.04. The average molecular weight is 254 g/mol. The van der Waals surface area contributed by atoms with Gasteiger partial charge in [-0.3, -0.25) is 0 Å². The van der Waals surface area contributed by atoms with E-state index in [-0.39, 0.29) is 0 Å². The Morgan fingerprint density at radius 1 is 0.562 bits per heavy atom. The zero-order valence-corrected chi connectivity index (χ0v) is 11.6. The molecule has 0 aliphatic heterocycles. The Morgan fingerprint density at radius 3 is 1.38 bits per heavy atom. The van der Waals surface area contributed by atoms with Gasteiger partial charge in [0.1, 0.15) is 0 Å². The van der Waals surface area contributed by atoms with Crippen molar-refractivity contribution in [2.45, 2.75) is 61.9 Å². The molecule has 4 aliphatic rings. The largest absolute Gasteiger partial charge is 0.0901 e. The molecule has 4 rings (SSSR count). The van der Waals surface area contributed by atoms with Crippen LogP contribution in [0.4, 0.5) is 0 Å². The lowest BCUT2D eigenvalue weighted by molar-refractivity contribution is 0.490. The molecule has 90 valence electrons. The highest BCUT2D eigenvalue weighted by Gasteiger charge is 2.43. The van der Waals surface area contributed by atoms with Crippen LogP contribution in [0.2, 0.25) is 0 Å². The van der Waals surface area contributed by atoms with Crippen molar-refractivity contribution >= 4 is 21.6 Å². The molecule has 0 N–H and O–H groups in total. The quantitative estimate of drug-likeness (QED) is 0.667. The molecule has 0 aromatic heterocycles. The molecular formula is C14H22S2. The summed E-state index contributed by atoms with van der Waals surface area (Å²) in [7, 11) is 4.60. The molecule has 0 aromatic rings. The molecule has 4 aliphatic carbocycles. The summed E-state index contributed by atoms with van der Waals surface area (Å²) < 4.78 is 0. The molecule has 0 aromatic carbocycles. The maximum atomic E-state index is 2.30. The average Bonchev–Trinajstić information content (AvgIpc) is 3.05.